The van der Waals surface area contributed by atoms with Gasteiger partial charge >= 0.3 is 5.97 Å². The van der Waals surface area contributed by atoms with Gasteiger partial charge < -0.3 is 19.5 Å². The molecule has 0 fully saturated rings. The third kappa shape index (κ3) is 4.76. The maximum atomic E-state index is 12.0. The number of hydrogen-bond acceptors (Lipinski definition) is 5. The van der Waals surface area contributed by atoms with Gasteiger partial charge in [-0.3, -0.25) is 9.59 Å². The summed E-state index contributed by atoms with van der Waals surface area (Å²) in [5.74, 6) is 0.395. The van der Waals surface area contributed by atoms with Crippen LogP contribution in [0.4, 0.5) is 0 Å². The minimum absolute atomic E-state index is 0.0583. The number of halogens is 2. The van der Waals surface area contributed by atoms with Crippen molar-refractivity contribution in [2.24, 2.45) is 0 Å². The molecule has 6 nitrogen and oxygen atoms in total. The number of hydrogen-bond donors (Lipinski definition) is 1. The Bertz CT molecular complexity index is 840. The molecule has 2 aromatic carbocycles. The fraction of sp³-hybridized carbons (Fsp3) is 0.222. The predicted octanol–water partition coefficient (Wildman–Crippen LogP) is 3.46. The Labute approximate surface area is 167 Å². The summed E-state index contributed by atoms with van der Waals surface area (Å²) in [7, 11) is 0. The van der Waals surface area contributed by atoms with Crippen LogP contribution in [0.15, 0.2) is 45.3 Å². The fourth-order valence-corrected chi connectivity index (χ4v) is 3.15. The monoisotopic (exact) mass is 483 g/mol. The molecule has 1 heterocycles. The smallest absolute Gasteiger partial charge is 0.325 e. The van der Waals surface area contributed by atoms with Gasteiger partial charge in [0.25, 0.3) is 5.91 Å². The van der Waals surface area contributed by atoms with Crippen LogP contribution in [-0.2, 0) is 16.1 Å². The second kappa shape index (κ2) is 8.55. The molecule has 0 spiro atoms. The molecule has 26 heavy (non-hydrogen) atoms. The quantitative estimate of drug-likeness (QED) is 0.658. The van der Waals surface area contributed by atoms with Crippen molar-refractivity contribution in [3.05, 3.63) is 56.5 Å². The molecule has 1 N–H and O–H groups in total. The first-order chi connectivity index (χ1) is 12.5. The van der Waals surface area contributed by atoms with Crippen LogP contribution in [0.25, 0.3) is 0 Å². The zero-order valence-electron chi connectivity index (χ0n) is 13.6. The maximum Gasteiger partial charge on any atom is 0.325 e. The van der Waals surface area contributed by atoms with E-state index in [4.69, 9.17) is 14.2 Å². The standard InChI is InChI=1S/C18H15Br2NO5/c19-13-3-1-2-11(6-13)18(23)21-9-17(22)26-10-12-7-15-16(8-14(12)20)25-5-4-24-15/h1-3,6-8H,4-5,9-10H2,(H,21,23). The summed E-state index contributed by atoms with van der Waals surface area (Å²) < 4.78 is 17.8. The highest BCUT2D eigenvalue weighted by atomic mass is 79.9. The van der Waals surface area contributed by atoms with Gasteiger partial charge in [0.05, 0.1) is 0 Å². The minimum atomic E-state index is -0.532. The average molecular weight is 485 g/mol. The number of nitrogens with one attached hydrogen (secondary N) is 1. The first-order valence-corrected chi connectivity index (χ1v) is 9.39. The summed E-state index contributed by atoms with van der Waals surface area (Å²) in [6, 6.07) is 10.5. The number of ether oxygens (including phenoxy) is 3. The summed E-state index contributed by atoms with van der Waals surface area (Å²) >= 11 is 6.72. The van der Waals surface area contributed by atoms with E-state index in [1.807, 2.05) is 6.07 Å². The van der Waals surface area contributed by atoms with E-state index in [1.165, 1.54) is 0 Å². The lowest BCUT2D eigenvalue weighted by molar-refractivity contribution is -0.143. The average Bonchev–Trinajstić information content (AvgIpc) is 2.64. The SMILES string of the molecule is O=C(CNC(=O)c1cccc(Br)c1)OCc1cc2c(cc1Br)OCCO2. The van der Waals surface area contributed by atoms with E-state index >= 15 is 0 Å². The number of amides is 1. The number of esters is 1. The number of carbonyl (C=O) groups is 2. The third-order valence-corrected chi connectivity index (χ3v) is 4.81. The molecule has 0 aromatic heterocycles. The zero-order chi connectivity index (χ0) is 18.5. The largest absolute Gasteiger partial charge is 0.486 e. The number of benzene rings is 2. The van der Waals surface area contributed by atoms with E-state index in [2.05, 4.69) is 37.2 Å². The highest BCUT2D eigenvalue weighted by molar-refractivity contribution is 9.10. The lowest BCUT2D eigenvalue weighted by Gasteiger charge is -2.19. The number of rotatable bonds is 5. The van der Waals surface area contributed by atoms with Crippen molar-refractivity contribution in [1.82, 2.24) is 5.32 Å². The fourth-order valence-electron chi connectivity index (χ4n) is 2.31. The third-order valence-electron chi connectivity index (χ3n) is 3.58. The first kappa shape index (κ1) is 18.7. The Morgan fingerprint density at radius 1 is 1.08 bits per heavy atom. The first-order valence-electron chi connectivity index (χ1n) is 7.80. The predicted molar refractivity (Wildman–Crippen MR) is 101 cm³/mol. The molecule has 0 aliphatic carbocycles. The van der Waals surface area contributed by atoms with Crippen molar-refractivity contribution in [2.75, 3.05) is 19.8 Å². The Morgan fingerprint density at radius 3 is 2.54 bits per heavy atom. The summed E-state index contributed by atoms with van der Waals surface area (Å²) in [4.78, 5) is 23.9. The van der Waals surface area contributed by atoms with Crippen LogP contribution in [0.5, 0.6) is 11.5 Å². The van der Waals surface area contributed by atoms with Gasteiger partial charge in [0.2, 0.25) is 0 Å². The van der Waals surface area contributed by atoms with E-state index < -0.39 is 5.97 Å². The molecule has 1 amide bonds. The van der Waals surface area contributed by atoms with E-state index in [0.29, 0.717) is 30.3 Å². The molecule has 136 valence electrons. The molecular weight excluding hydrogens is 470 g/mol. The van der Waals surface area contributed by atoms with Crippen LogP contribution in [0.1, 0.15) is 15.9 Å². The molecule has 2 aromatic rings. The Kier molecular flexibility index (Phi) is 6.16. The molecule has 1 aliphatic heterocycles. The van der Waals surface area contributed by atoms with Gasteiger partial charge in [-0.1, -0.05) is 37.9 Å². The van der Waals surface area contributed by atoms with Crippen LogP contribution < -0.4 is 14.8 Å². The molecule has 0 bridgehead atoms. The van der Waals surface area contributed by atoms with Crippen molar-refractivity contribution < 1.29 is 23.8 Å². The van der Waals surface area contributed by atoms with Gasteiger partial charge in [0, 0.05) is 20.1 Å². The van der Waals surface area contributed by atoms with Crippen molar-refractivity contribution in [3.63, 3.8) is 0 Å². The van der Waals surface area contributed by atoms with Crippen molar-refractivity contribution >= 4 is 43.7 Å². The van der Waals surface area contributed by atoms with Crippen molar-refractivity contribution in [1.29, 1.82) is 0 Å². The molecule has 8 heteroatoms. The van der Waals surface area contributed by atoms with E-state index in [9.17, 15) is 9.59 Å². The lowest BCUT2D eigenvalue weighted by Crippen LogP contribution is -2.30. The minimum Gasteiger partial charge on any atom is -0.486 e. The summed E-state index contributed by atoms with van der Waals surface area (Å²) in [6.45, 7) is 0.831. The maximum absolute atomic E-state index is 12.0. The van der Waals surface area contributed by atoms with E-state index in [0.717, 1.165) is 14.5 Å². The highest BCUT2D eigenvalue weighted by Crippen LogP contribution is 2.35. The van der Waals surface area contributed by atoms with E-state index in [-0.39, 0.29) is 19.1 Å². The van der Waals surface area contributed by atoms with Gasteiger partial charge in [0.1, 0.15) is 26.4 Å². The molecule has 0 radical (unpaired) electrons. The summed E-state index contributed by atoms with van der Waals surface area (Å²) in [5, 5.41) is 2.54. The van der Waals surface area contributed by atoms with Crippen molar-refractivity contribution in [3.8, 4) is 11.5 Å². The van der Waals surface area contributed by atoms with Crippen LogP contribution in [-0.4, -0.2) is 31.6 Å². The van der Waals surface area contributed by atoms with Crippen LogP contribution >= 0.6 is 31.9 Å². The van der Waals surface area contributed by atoms with Crippen molar-refractivity contribution in [2.45, 2.75) is 6.61 Å². The molecule has 3 rings (SSSR count). The number of carbonyl (C=O) groups excluding carboxylic acids is 2. The molecule has 1 aliphatic rings. The van der Waals surface area contributed by atoms with Gasteiger partial charge in [-0.15, -0.1) is 0 Å². The van der Waals surface area contributed by atoms with Crippen LogP contribution in [0.3, 0.4) is 0 Å². The van der Waals surface area contributed by atoms with Gasteiger partial charge in [0.15, 0.2) is 11.5 Å². The molecule has 0 saturated carbocycles. The summed E-state index contributed by atoms with van der Waals surface area (Å²) in [6.07, 6.45) is 0. The lowest BCUT2D eigenvalue weighted by atomic mass is 10.2. The Morgan fingerprint density at radius 2 is 1.81 bits per heavy atom. The zero-order valence-corrected chi connectivity index (χ0v) is 16.8. The van der Waals surface area contributed by atoms with Gasteiger partial charge in [-0.25, -0.2) is 0 Å². The van der Waals surface area contributed by atoms with E-state index in [1.54, 1.807) is 30.3 Å². The Balaban J connectivity index is 1.52. The summed E-state index contributed by atoms with van der Waals surface area (Å²) in [5.41, 5.74) is 1.21. The van der Waals surface area contributed by atoms with Gasteiger partial charge in [-0.05, 0) is 30.3 Å². The highest BCUT2D eigenvalue weighted by Gasteiger charge is 2.16. The van der Waals surface area contributed by atoms with Crippen LogP contribution in [0.2, 0.25) is 0 Å². The number of fused-ring (bicyclic) bond motifs is 1. The molecule has 0 unspecified atom stereocenters. The topological polar surface area (TPSA) is 73.9 Å². The second-order valence-corrected chi connectivity index (χ2v) is 7.21. The molecule has 0 saturated heterocycles. The normalized spacial score (nSPS) is 12.4. The van der Waals surface area contributed by atoms with Crippen LogP contribution in [0, 0.1) is 0 Å². The molecular formula is C18H15Br2NO5. The second-order valence-electron chi connectivity index (χ2n) is 5.44. The van der Waals surface area contributed by atoms with Gasteiger partial charge in [-0.2, -0.15) is 0 Å². The Hall–Kier alpha value is -2.06. The molecule has 0 atom stereocenters.